The highest BCUT2D eigenvalue weighted by molar-refractivity contribution is 9.10. The quantitative estimate of drug-likeness (QED) is 0.692. The van der Waals surface area contributed by atoms with Crippen molar-refractivity contribution in [2.75, 3.05) is 11.5 Å². The third kappa shape index (κ3) is 2.73. The predicted octanol–water partition coefficient (Wildman–Crippen LogP) is 3.47. The summed E-state index contributed by atoms with van der Waals surface area (Å²) in [6.07, 6.45) is 0. The third-order valence-corrected chi connectivity index (χ3v) is 3.48. The summed E-state index contributed by atoms with van der Waals surface area (Å²) in [4.78, 5) is 4.28. The van der Waals surface area contributed by atoms with Crippen molar-refractivity contribution in [3.63, 3.8) is 0 Å². The molecule has 0 saturated carbocycles. The van der Waals surface area contributed by atoms with Gasteiger partial charge in [-0.15, -0.1) is 0 Å². The number of rotatable bonds is 2. The van der Waals surface area contributed by atoms with Crippen LogP contribution in [0, 0.1) is 5.82 Å². The van der Waals surface area contributed by atoms with Gasteiger partial charge >= 0.3 is 0 Å². The molecule has 106 valence electrons. The molecule has 0 spiro atoms. The standard InChI is InChI=1S/C14H10BrFN4O/c15-12-5-8(16)1-2-11(12)13-19-14(21-20-13)7-3-9(17)6-10(18)4-7/h1-6H,17-18H2. The van der Waals surface area contributed by atoms with Crippen molar-refractivity contribution in [2.24, 2.45) is 0 Å². The molecule has 0 radical (unpaired) electrons. The average molecular weight is 349 g/mol. The van der Waals surface area contributed by atoms with Crippen LogP contribution in [0.1, 0.15) is 0 Å². The summed E-state index contributed by atoms with van der Waals surface area (Å²) in [6.45, 7) is 0. The SMILES string of the molecule is Nc1cc(N)cc(-c2nc(-c3ccc(F)cc3Br)no2)c1. The molecule has 4 N–H and O–H groups in total. The Balaban J connectivity index is 2.03. The van der Waals surface area contributed by atoms with Crippen molar-refractivity contribution in [3.05, 3.63) is 46.7 Å². The molecule has 0 atom stereocenters. The largest absolute Gasteiger partial charge is 0.399 e. The number of hydrogen-bond acceptors (Lipinski definition) is 5. The van der Waals surface area contributed by atoms with E-state index in [1.54, 1.807) is 24.3 Å². The maximum absolute atomic E-state index is 13.1. The molecular formula is C14H10BrFN4O. The molecule has 0 aliphatic heterocycles. The molecule has 5 nitrogen and oxygen atoms in total. The Morgan fingerprint density at radius 3 is 2.43 bits per heavy atom. The summed E-state index contributed by atoms with van der Waals surface area (Å²) in [5, 5.41) is 3.89. The minimum absolute atomic E-state index is 0.292. The maximum atomic E-state index is 13.1. The predicted molar refractivity (Wildman–Crippen MR) is 81.7 cm³/mol. The van der Waals surface area contributed by atoms with Crippen molar-refractivity contribution in [3.8, 4) is 22.8 Å². The lowest BCUT2D eigenvalue weighted by Gasteiger charge is -2.00. The van der Waals surface area contributed by atoms with E-state index in [-0.39, 0.29) is 5.82 Å². The highest BCUT2D eigenvalue weighted by Crippen LogP contribution is 2.29. The van der Waals surface area contributed by atoms with E-state index in [1.807, 2.05) is 0 Å². The molecule has 0 aliphatic carbocycles. The normalized spacial score (nSPS) is 10.8. The molecule has 3 aromatic rings. The lowest BCUT2D eigenvalue weighted by atomic mass is 10.1. The van der Waals surface area contributed by atoms with Crippen LogP contribution in [0.4, 0.5) is 15.8 Å². The topological polar surface area (TPSA) is 91.0 Å². The summed E-state index contributed by atoms with van der Waals surface area (Å²) < 4.78 is 18.9. The van der Waals surface area contributed by atoms with Crippen LogP contribution in [0.5, 0.6) is 0 Å². The first kappa shape index (κ1) is 13.6. The Morgan fingerprint density at radius 1 is 1.05 bits per heavy atom. The van der Waals surface area contributed by atoms with Crippen molar-refractivity contribution < 1.29 is 8.91 Å². The first-order valence-electron chi connectivity index (χ1n) is 5.98. The summed E-state index contributed by atoms with van der Waals surface area (Å²) >= 11 is 3.27. The first-order chi connectivity index (χ1) is 10.0. The van der Waals surface area contributed by atoms with Gasteiger partial charge in [0.1, 0.15) is 5.82 Å². The highest BCUT2D eigenvalue weighted by Gasteiger charge is 2.14. The molecule has 0 fully saturated rings. The van der Waals surface area contributed by atoms with Crippen LogP contribution < -0.4 is 11.5 Å². The van der Waals surface area contributed by atoms with E-state index < -0.39 is 0 Å². The van der Waals surface area contributed by atoms with Crippen LogP contribution in [0.25, 0.3) is 22.8 Å². The van der Waals surface area contributed by atoms with Crippen LogP contribution in [-0.4, -0.2) is 10.1 Å². The Labute approximate surface area is 127 Å². The van der Waals surface area contributed by atoms with E-state index in [0.29, 0.717) is 38.7 Å². The summed E-state index contributed by atoms with van der Waals surface area (Å²) in [5.74, 6) is 0.288. The van der Waals surface area contributed by atoms with Gasteiger partial charge in [0.2, 0.25) is 5.82 Å². The molecule has 0 bridgehead atoms. The van der Waals surface area contributed by atoms with Crippen molar-refractivity contribution in [1.82, 2.24) is 10.1 Å². The second kappa shape index (κ2) is 5.17. The number of anilines is 2. The van der Waals surface area contributed by atoms with Crippen LogP contribution in [0.2, 0.25) is 0 Å². The molecule has 0 unspecified atom stereocenters. The second-order valence-electron chi connectivity index (χ2n) is 4.44. The van der Waals surface area contributed by atoms with E-state index in [9.17, 15) is 4.39 Å². The number of hydrogen-bond donors (Lipinski definition) is 2. The van der Waals surface area contributed by atoms with Crippen LogP contribution in [0.3, 0.4) is 0 Å². The number of benzene rings is 2. The molecule has 0 amide bonds. The molecule has 0 aliphatic rings. The summed E-state index contributed by atoms with van der Waals surface area (Å²) in [6, 6.07) is 9.25. The van der Waals surface area contributed by atoms with Crippen molar-refractivity contribution in [1.29, 1.82) is 0 Å². The minimum Gasteiger partial charge on any atom is -0.399 e. The lowest BCUT2D eigenvalue weighted by molar-refractivity contribution is 0.432. The molecule has 21 heavy (non-hydrogen) atoms. The Hall–Kier alpha value is -2.41. The van der Waals surface area contributed by atoms with Gasteiger partial charge in [0.25, 0.3) is 5.89 Å². The van der Waals surface area contributed by atoms with Gasteiger partial charge in [0.15, 0.2) is 0 Å². The van der Waals surface area contributed by atoms with Gasteiger partial charge in [0.05, 0.1) is 0 Å². The fourth-order valence-corrected chi connectivity index (χ4v) is 2.45. The number of aromatic nitrogens is 2. The molecule has 7 heteroatoms. The second-order valence-corrected chi connectivity index (χ2v) is 5.29. The van der Waals surface area contributed by atoms with Gasteiger partial charge in [-0.1, -0.05) is 5.16 Å². The zero-order valence-corrected chi connectivity index (χ0v) is 12.3. The Morgan fingerprint density at radius 2 is 1.76 bits per heavy atom. The van der Waals surface area contributed by atoms with Gasteiger partial charge in [-0.3, -0.25) is 0 Å². The third-order valence-electron chi connectivity index (χ3n) is 2.82. The maximum Gasteiger partial charge on any atom is 0.258 e. The van der Waals surface area contributed by atoms with E-state index >= 15 is 0 Å². The average Bonchev–Trinajstić information content (AvgIpc) is 2.87. The van der Waals surface area contributed by atoms with Gasteiger partial charge in [0, 0.05) is 27.0 Å². The fraction of sp³-hybridized carbons (Fsp3) is 0. The molecule has 1 aromatic heterocycles. The monoisotopic (exact) mass is 348 g/mol. The van der Waals surface area contributed by atoms with E-state index in [0.717, 1.165) is 0 Å². The Bertz CT molecular complexity index is 798. The van der Waals surface area contributed by atoms with Crippen molar-refractivity contribution in [2.45, 2.75) is 0 Å². The minimum atomic E-state index is -0.349. The molecule has 1 heterocycles. The number of nitrogens with zero attached hydrogens (tertiary/aromatic N) is 2. The number of nitrogen functional groups attached to an aromatic ring is 2. The first-order valence-corrected chi connectivity index (χ1v) is 6.78. The van der Waals surface area contributed by atoms with Crippen molar-refractivity contribution >= 4 is 27.3 Å². The van der Waals surface area contributed by atoms with Crippen LogP contribution in [0.15, 0.2) is 45.4 Å². The molecule has 3 rings (SSSR count). The van der Waals surface area contributed by atoms with Crippen LogP contribution >= 0.6 is 15.9 Å². The molecule has 0 saturated heterocycles. The summed E-state index contributed by atoms with van der Waals surface area (Å²) in [5.41, 5.74) is 13.7. The van der Waals surface area contributed by atoms with Crippen LogP contribution in [-0.2, 0) is 0 Å². The molecular weight excluding hydrogens is 339 g/mol. The van der Waals surface area contributed by atoms with E-state index in [1.165, 1.54) is 12.1 Å². The zero-order valence-electron chi connectivity index (χ0n) is 10.7. The molecule has 2 aromatic carbocycles. The zero-order chi connectivity index (χ0) is 15.0. The number of nitrogens with two attached hydrogens (primary N) is 2. The number of halogens is 2. The fourth-order valence-electron chi connectivity index (χ4n) is 1.92. The van der Waals surface area contributed by atoms with Gasteiger partial charge < -0.3 is 16.0 Å². The van der Waals surface area contributed by atoms with Gasteiger partial charge in [-0.25, -0.2) is 4.39 Å². The lowest BCUT2D eigenvalue weighted by Crippen LogP contribution is -1.91. The highest BCUT2D eigenvalue weighted by atomic mass is 79.9. The van der Waals surface area contributed by atoms with Gasteiger partial charge in [-0.2, -0.15) is 4.98 Å². The van der Waals surface area contributed by atoms with E-state index in [4.69, 9.17) is 16.0 Å². The smallest absolute Gasteiger partial charge is 0.258 e. The van der Waals surface area contributed by atoms with E-state index in [2.05, 4.69) is 26.1 Å². The van der Waals surface area contributed by atoms with Gasteiger partial charge in [-0.05, 0) is 52.3 Å². The Kier molecular flexibility index (Phi) is 3.34. The summed E-state index contributed by atoms with van der Waals surface area (Å²) in [7, 11) is 0.